The standard InChI is InChI=1S/C19H21F2N3O3/c1-9-16-12(10-2-3-10)4-13(19(26)27)18(25)24(16)7-14(21)17(9)23-6-11(5-20)15(22)8-23/h4,7,10-11,15H,2-3,5-6,8,22H2,1H3,(H,26,27)/t11-,15-/m0/s1. The van der Waals surface area contributed by atoms with Crippen molar-refractivity contribution in [2.45, 2.75) is 31.7 Å². The lowest BCUT2D eigenvalue weighted by Crippen LogP contribution is -2.31. The number of hydrogen-bond donors (Lipinski definition) is 2. The monoisotopic (exact) mass is 377 g/mol. The van der Waals surface area contributed by atoms with Gasteiger partial charge in [-0.05, 0) is 42.9 Å². The normalized spacial score (nSPS) is 22.6. The van der Waals surface area contributed by atoms with Gasteiger partial charge >= 0.3 is 5.97 Å². The van der Waals surface area contributed by atoms with Crippen LogP contribution in [-0.4, -0.2) is 41.3 Å². The summed E-state index contributed by atoms with van der Waals surface area (Å²) < 4.78 is 29.2. The van der Waals surface area contributed by atoms with E-state index in [2.05, 4.69) is 0 Å². The number of hydrogen-bond acceptors (Lipinski definition) is 4. The highest BCUT2D eigenvalue weighted by atomic mass is 19.1. The second kappa shape index (κ2) is 6.30. The topological polar surface area (TPSA) is 88.0 Å². The lowest BCUT2D eigenvalue weighted by Gasteiger charge is -2.24. The van der Waals surface area contributed by atoms with Crippen LogP contribution in [0.15, 0.2) is 17.1 Å². The third-order valence-corrected chi connectivity index (χ3v) is 5.70. The second-order valence-electron chi connectivity index (χ2n) is 7.55. The molecule has 8 heteroatoms. The number of halogens is 2. The van der Waals surface area contributed by atoms with Crippen molar-refractivity contribution in [3.05, 3.63) is 45.1 Å². The fourth-order valence-corrected chi connectivity index (χ4v) is 4.13. The first-order valence-corrected chi connectivity index (χ1v) is 9.01. The molecule has 4 rings (SSSR count). The van der Waals surface area contributed by atoms with Crippen molar-refractivity contribution < 1.29 is 18.7 Å². The molecule has 3 heterocycles. The van der Waals surface area contributed by atoms with Crippen LogP contribution in [0, 0.1) is 18.7 Å². The molecule has 1 saturated heterocycles. The number of nitrogens with zero attached hydrogens (tertiary/aromatic N) is 2. The highest BCUT2D eigenvalue weighted by Crippen LogP contribution is 2.44. The highest BCUT2D eigenvalue weighted by Gasteiger charge is 2.34. The van der Waals surface area contributed by atoms with Crippen LogP contribution in [-0.2, 0) is 0 Å². The number of carbonyl (C=O) groups is 1. The molecule has 2 fully saturated rings. The molecule has 0 unspecified atom stereocenters. The molecule has 0 amide bonds. The van der Waals surface area contributed by atoms with E-state index >= 15 is 0 Å². The van der Waals surface area contributed by atoms with Crippen LogP contribution >= 0.6 is 0 Å². The number of carboxylic acid groups (broad SMARTS) is 1. The van der Waals surface area contributed by atoms with Gasteiger partial charge in [0.2, 0.25) is 0 Å². The molecule has 6 nitrogen and oxygen atoms in total. The third kappa shape index (κ3) is 2.79. The molecular formula is C19H21F2N3O3. The van der Waals surface area contributed by atoms with Crippen LogP contribution in [0.1, 0.15) is 40.2 Å². The Morgan fingerprint density at radius 3 is 2.63 bits per heavy atom. The molecule has 1 saturated carbocycles. The minimum absolute atomic E-state index is 0.162. The van der Waals surface area contributed by atoms with Crippen molar-refractivity contribution in [2.24, 2.45) is 11.7 Å². The zero-order valence-electron chi connectivity index (χ0n) is 14.9. The quantitative estimate of drug-likeness (QED) is 0.852. The lowest BCUT2D eigenvalue weighted by atomic mass is 10.0. The Hall–Kier alpha value is -2.48. The number of nitrogens with two attached hydrogens (primary N) is 1. The summed E-state index contributed by atoms with van der Waals surface area (Å²) in [5.74, 6) is -2.16. The van der Waals surface area contributed by atoms with Gasteiger partial charge in [0.15, 0.2) is 5.82 Å². The molecule has 0 spiro atoms. The molecule has 0 aromatic carbocycles. The van der Waals surface area contributed by atoms with Crippen LogP contribution in [0.3, 0.4) is 0 Å². The van der Waals surface area contributed by atoms with Crippen LogP contribution in [0.2, 0.25) is 0 Å². The molecule has 2 aromatic rings. The predicted octanol–water partition coefficient (Wildman–Crippen LogP) is 2.06. The minimum atomic E-state index is -1.32. The van der Waals surface area contributed by atoms with E-state index in [0.29, 0.717) is 29.9 Å². The van der Waals surface area contributed by atoms with Crippen LogP contribution in [0.25, 0.3) is 5.52 Å². The Bertz CT molecular complexity index is 1000. The van der Waals surface area contributed by atoms with Gasteiger partial charge in [0, 0.05) is 25.0 Å². The molecule has 27 heavy (non-hydrogen) atoms. The summed E-state index contributed by atoms with van der Waals surface area (Å²) in [6.45, 7) is 1.79. The van der Waals surface area contributed by atoms with Crippen molar-refractivity contribution in [2.75, 3.05) is 24.7 Å². The van der Waals surface area contributed by atoms with Crippen LogP contribution < -0.4 is 16.2 Å². The Labute approximate surface area is 154 Å². The zero-order valence-corrected chi connectivity index (χ0v) is 14.9. The van der Waals surface area contributed by atoms with Crippen molar-refractivity contribution in [1.29, 1.82) is 0 Å². The average molecular weight is 377 g/mol. The first kappa shape index (κ1) is 17.9. The number of anilines is 1. The van der Waals surface area contributed by atoms with E-state index in [1.165, 1.54) is 6.07 Å². The maximum Gasteiger partial charge on any atom is 0.341 e. The van der Waals surface area contributed by atoms with E-state index in [0.717, 1.165) is 29.0 Å². The van der Waals surface area contributed by atoms with Gasteiger partial charge < -0.3 is 15.7 Å². The number of aromatic carboxylic acids is 1. The number of aromatic nitrogens is 1. The molecule has 2 aliphatic rings. The van der Waals surface area contributed by atoms with Gasteiger partial charge in [0.05, 0.1) is 24.1 Å². The summed E-state index contributed by atoms with van der Waals surface area (Å²) in [4.78, 5) is 25.8. The zero-order chi connectivity index (χ0) is 19.5. The number of alkyl halides is 1. The van der Waals surface area contributed by atoms with Crippen molar-refractivity contribution in [3.8, 4) is 0 Å². The van der Waals surface area contributed by atoms with E-state index in [4.69, 9.17) is 5.73 Å². The second-order valence-corrected chi connectivity index (χ2v) is 7.55. The van der Waals surface area contributed by atoms with E-state index < -0.39 is 24.0 Å². The van der Waals surface area contributed by atoms with Gasteiger partial charge in [-0.25, -0.2) is 9.18 Å². The number of carboxylic acids is 1. The number of pyridine rings is 2. The van der Waals surface area contributed by atoms with Crippen molar-refractivity contribution in [1.82, 2.24) is 4.40 Å². The first-order valence-electron chi connectivity index (χ1n) is 9.01. The minimum Gasteiger partial charge on any atom is -0.477 e. The van der Waals surface area contributed by atoms with E-state index in [1.807, 2.05) is 0 Å². The highest BCUT2D eigenvalue weighted by molar-refractivity contribution is 5.89. The molecule has 1 aliphatic carbocycles. The summed E-state index contributed by atoms with van der Waals surface area (Å²) in [6.07, 6.45) is 2.85. The van der Waals surface area contributed by atoms with Crippen LogP contribution in [0.5, 0.6) is 0 Å². The fourth-order valence-electron chi connectivity index (χ4n) is 4.13. The molecule has 1 aliphatic heterocycles. The first-order chi connectivity index (χ1) is 12.8. The summed E-state index contributed by atoms with van der Waals surface area (Å²) in [5.41, 5.74) is 7.01. The number of fused-ring (bicyclic) bond motifs is 1. The Kier molecular flexibility index (Phi) is 4.18. The lowest BCUT2D eigenvalue weighted by molar-refractivity contribution is 0.0694. The average Bonchev–Trinajstić information content (AvgIpc) is 3.38. The smallest absolute Gasteiger partial charge is 0.341 e. The number of rotatable bonds is 4. The third-order valence-electron chi connectivity index (χ3n) is 5.70. The van der Waals surface area contributed by atoms with Gasteiger partial charge in [-0.3, -0.25) is 13.6 Å². The van der Waals surface area contributed by atoms with Gasteiger partial charge in [-0.1, -0.05) is 0 Å². The molecular weight excluding hydrogens is 356 g/mol. The van der Waals surface area contributed by atoms with Crippen molar-refractivity contribution >= 4 is 17.2 Å². The van der Waals surface area contributed by atoms with Gasteiger partial charge in [0.25, 0.3) is 5.56 Å². The Balaban J connectivity index is 1.96. The van der Waals surface area contributed by atoms with E-state index in [9.17, 15) is 23.5 Å². The summed E-state index contributed by atoms with van der Waals surface area (Å²) in [7, 11) is 0. The maximum atomic E-state index is 15.0. The summed E-state index contributed by atoms with van der Waals surface area (Å²) in [5, 5.41) is 9.34. The molecule has 0 radical (unpaired) electrons. The summed E-state index contributed by atoms with van der Waals surface area (Å²) in [6, 6.07) is 1.04. The molecule has 2 atom stereocenters. The SMILES string of the molecule is Cc1c(N2C[C@H](CF)[C@@H](N)C2)c(F)cn2c(=O)c(C(=O)O)cc(C3CC3)c12. The fraction of sp³-hybridized carbons (Fsp3) is 0.474. The van der Waals surface area contributed by atoms with Gasteiger partial charge in [0.1, 0.15) is 5.56 Å². The molecule has 2 aromatic heterocycles. The van der Waals surface area contributed by atoms with E-state index in [1.54, 1.807) is 11.8 Å². The summed E-state index contributed by atoms with van der Waals surface area (Å²) >= 11 is 0. The predicted molar refractivity (Wildman–Crippen MR) is 96.9 cm³/mol. The molecule has 3 N–H and O–H groups in total. The van der Waals surface area contributed by atoms with Crippen LogP contribution in [0.4, 0.5) is 14.5 Å². The molecule has 0 bridgehead atoms. The van der Waals surface area contributed by atoms with Crippen molar-refractivity contribution in [3.63, 3.8) is 0 Å². The van der Waals surface area contributed by atoms with Gasteiger partial charge in [-0.15, -0.1) is 0 Å². The number of aryl methyl sites for hydroxylation is 1. The molecule has 144 valence electrons. The van der Waals surface area contributed by atoms with Gasteiger partial charge in [-0.2, -0.15) is 0 Å². The largest absolute Gasteiger partial charge is 0.477 e. The Morgan fingerprint density at radius 2 is 2.07 bits per heavy atom. The Morgan fingerprint density at radius 1 is 1.37 bits per heavy atom. The maximum absolute atomic E-state index is 15.0. The van der Waals surface area contributed by atoms with E-state index in [-0.39, 0.29) is 23.4 Å².